The van der Waals surface area contributed by atoms with Crippen molar-refractivity contribution in [2.24, 2.45) is 34.0 Å². The number of carbonyl (C=O) groups excluding carboxylic acids is 3. The van der Waals surface area contributed by atoms with Gasteiger partial charge in [0.15, 0.2) is 0 Å². The van der Waals surface area contributed by atoms with Crippen LogP contribution in [0.2, 0.25) is 0 Å². The first-order valence-electron chi connectivity index (χ1n) is 13.2. The lowest BCUT2D eigenvalue weighted by molar-refractivity contribution is -0.191. The molecule has 0 aromatic carbocycles. The smallest absolute Gasteiger partial charge is 0.316 e. The lowest BCUT2D eigenvalue weighted by Crippen LogP contribution is -2.62. The first-order chi connectivity index (χ1) is 16.0. The predicted molar refractivity (Wildman–Crippen MR) is 139 cm³/mol. The van der Waals surface area contributed by atoms with Gasteiger partial charge in [0.2, 0.25) is 0 Å². The number of ether oxygens (including phenoxy) is 1. The minimum atomic E-state index is -0.776. The normalized spacial score (nSPS) is 40.0. The van der Waals surface area contributed by atoms with Gasteiger partial charge in [-0.2, -0.15) is 0 Å². The maximum atomic E-state index is 13.8. The maximum Gasteiger partial charge on any atom is 0.316 e. The molecule has 0 aromatic rings. The molecule has 3 saturated carbocycles. The summed E-state index contributed by atoms with van der Waals surface area (Å²) in [5.41, 5.74) is -1.59. The summed E-state index contributed by atoms with van der Waals surface area (Å²) in [6.07, 6.45) is 4.80. The average molecular weight is 492 g/mol. The van der Waals surface area contributed by atoms with Gasteiger partial charge in [0.25, 0.3) is 0 Å². The van der Waals surface area contributed by atoms with Crippen molar-refractivity contribution in [2.75, 3.05) is 31.1 Å². The van der Waals surface area contributed by atoms with Crippen LogP contribution >= 0.6 is 11.8 Å². The van der Waals surface area contributed by atoms with Gasteiger partial charge in [-0.3, -0.25) is 14.4 Å². The largest absolute Gasteiger partial charge is 0.461 e. The topological polar surface area (TPSA) is 63.7 Å². The Balaban J connectivity index is 1.89. The zero-order valence-corrected chi connectivity index (χ0v) is 23.0. The fourth-order valence-corrected chi connectivity index (χ4v) is 8.13. The predicted octanol–water partition coefficient (Wildman–Crippen LogP) is 5.18. The summed E-state index contributed by atoms with van der Waals surface area (Å²) < 4.78 is 6.25. The second-order valence-electron chi connectivity index (χ2n) is 11.4. The van der Waals surface area contributed by atoms with Crippen molar-refractivity contribution >= 4 is 29.3 Å². The Bertz CT molecular complexity index is 810. The Labute approximate surface area is 210 Å². The van der Waals surface area contributed by atoms with Crippen LogP contribution in [0.4, 0.5) is 0 Å². The van der Waals surface area contributed by atoms with Gasteiger partial charge in [0, 0.05) is 47.8 Å². The van der Waals surface area contributed by atoms with Crippen LogP contribution in [-0.2, 0) is 19.1 Å². The van der Waals surface area contributed by atoms with Crippen LogP contribution in [0, 0.1) is 34.0 Å². The standard InChI is InChI=1S/C28H45NO4S/c1-8-26(6)17-22(33-23(31)18-34-16-15-29(9-2)10-3)27(7)19(4)11-13-28(20(5)25(26)32)14-12-21(30)24(27)28/h8,19-20,22,24H,1,9-18H2,2-7H3/t19-,20-,22+,24?,26-,27+,28-/m1/s1. The summed E-state index contributed by atoms with van der Waals surface area (Å²) >= 11 is 1.60. The molecule has 5 nitrogen and oxygen atoms in total. The molecule has 0 heterocycles. The van der Waals surface area contributed by atoms with Crippen molar-refractivity contribution in [1.29, 1.82) is 0 Å². The Hall–Kier alpha value is -1.14. The van der Waals surface area contributed by atoms with Crippen molar-refractivity contribution in [3.8, 4) is 0 Å². The number of nitrogens with zero attached hydrogens (tertiary/aromatic N) is 1. The molecule has 192 valence electrons. The van der Waals surface area contributed by atoms with Crippen LogP contribution in [-0.4, -0.2) is 59.7 Å². The van der Waals surface area contributed by atoms with Crippen molar-refractivity contribution < 1.29 is 19.1 Å². The molecule has 34 heavy (non-hydrogen) atoms. The molecule has 0 radical (unpaired) electrons. The molecule has 2 bridgehead atoms. The third-order valence-electron chi connectivity index (χ3n) is 9.97. The number of esters is 1. The van der Waals surface area contributed by atoms with Crippen molar-refractivity contribution in [2.45, 2.75) is 79.8 Å². The molecule has 0 saturated heterocycles. The second-order valence-corrected chi connectivity index (χ2v) is 12.5. The fourth-order valence-electron chi connectivity index (χ4n) is 7.36. The van der Waals surface area contributed by atoms with Crippen molar-refractivity contribution in [1.82, 2.24) is 4.90 Å². The van der Waals surface area contributed by atoms with Gasteiger partial charge in [-0.05, 0) is 50.6 Å². The molecule has 3 aliphatic carbocycles. The van der Waals surface area contributed by atoms with Gasteiger partial charge < -0.3 is 9.64 Å². The first-order valence-corrected chi connectivity index (χ1v) is 14.4. The van der Waals surface area contributed by atoms with E-state index < -0.39 is 16.9 Å². The van der Waals surface area contributed by atoms with Gasteiger partial charge >= 0.3 is 5.97 Å². The van der Waals surface area contributed by atoms with Gasteiger partial charge in [-0.25, -0.2) is 0 Å². The number of hydrogen-bond acceptors (Lipinski definition) is 6. The minimum Gasteiger partial charge on any atom is -0.461 e. The highest BCUT2D eigenvalue weighted by Gasteiger charge is 2.68. The average Bonchev–Trinajstić information content (AvgIpc) is 3.17. The zero-order chi connectivity index (χ0) is 25.3. The van der Waals surface area contributed by atoms with E-state index in [1.54, 1.807) is 17.8 Å². The highest BCUT2D eigenvalue weighted by molar-refractivity contribution is 7.99. The summed E-state index contributed by atoms with van der Waals surface area (Å²) in [5.74, 6) is 1.13. The van der Waals surface area contributed by atoms with Crippen LogP contribution in [0.5, 0.6) is 0 Å². The molecule has 0 aliphatic heterocycles. The summed E-state index contributed by atoms with van der Waals surface area (Å²) in [6.45, 7) is 19.6. The van der Waals surface area contributed by atoms with E-state index in [1.807, 2.05) is 13.8 Å². The third-order valence-corrected chi connectivity index (χ3v) is 10.9. The highest BCUT2D eigenvalue weighted by atomic mass is 32.2. The number of allylic oxidation sites excluding steroid dienone is 1. The molecule has 0 amide bonds. The lowest BCUT2D eigenvalue weighted by Gasteiger charge is -2.60. The van der Waals surface area contributed by atoms with Crippen LogP contribution in [0.15, 0.2) is 12.7 Å². The quantitative estimate of drug-likeness (QED) is 0.252. The first kappa shape index (κ1) is 27.4. The molecule has 0 aromatic heterocycles. The highest BCUT2D eigenvalue weighted by Crippen LogP contribution is 2.67. The van der Waals surface area contributed by atoms with E-state index in [0.29, 0.717) is 18.6 Å². The van der Waals surface area contributed by atoms with E-state index in [9.17, 15) is 14.4 Å². The number of hydrogen-bond donors (Lipinski definition) is 0. The lowest BCUT2D eigenvalue weighted by atomic mass is 9.44. The van der Waals surface area contributed by atoms with E-state index in [0.717, 1.165) is 44.6 Å². The number of Topliss-reactive ketones (excluding diaryl/α,β-unsaturated/α-hetero) is 2. The van der Waals surface area contributed by atoms with Gasteiger partial charge in [-0.15, -0.1) is 18.3 Å². The second kappa shape index (κ2) is 10.5. The Kier molecular flexibility index (Phi) is 8.44. The van der Waals surface area contributed by atoms with Crippen molar-refractivity contribution in [3.05, 3.63) is 12.7 Å². The van der Waals surface area contributed by atoms with E-state index in [4.69, 9.17) is 4.74 Å². The third kappa shape index (κ3) is 4.54. The summed E-state index contributed by atoms with van der Waals surface area (Å²) in [7, 11) is 0. The molecule has 6 heteroatoms. The monoisotopic (exact) mass is 491 g/mol. The molecule has 3 aliphatic rings. The Morgan fingerprint density at radius 1 is 1.21 bits per heavy atom. The van der Waals surface area contributed by atoms with Gasteiger partial charge in [0.05, 0.1) is 5.75 Å². The molecule has 3 rings (SSSR count). The molecular weight excluding hydrogens is 446 g/mol. The Morgan fingerprint density at radius 3 is 2.50 bits per heavy atom. The summed E-state index contributed by atoms with van der Waals surface area (Å²) in [4.78, 5) is 42.6. The van der Waals surface area contributed by atoms with Crippen LogP contribution in [0.3, 0.4) is 0 Å². The summed E-state index contributed by atoms with van der Waals surface area (Å²) in [6, 6.07) is 0. The molecule has 1 unspecified atom stereocenters. The molecule has 0 spiro atoms. The number of ketones is 2. The van der Waals surface area contributed by atoms with Crippen molar-refractivity contribution in [3.63, 3.8) is 0 Å². The van der Waals surface area contributed by atoms with Crippen LogP contribution in [0.25, 0.3) is 0 Å². The molecule has 3 fully saturated rings. The van der Waals surface area contributed by atoms with Gasteiger partial charge in [-0.1, -0.05) is 40.7 Å². The van der Waals surface area contributed by atoms with E-state index in [1.165, 1.54) is 0 Å². The molecule has 7 atom stereocenters. The molecular formula is C28H45NO4S. The summed E-state index contributed by atoms with van der Waals surface area (Å²) in [5, 5.41) is 0. The van der Waals surface area contributed by atoms with E-state index in [-0.39, 0.29) is 40.7 Å². The van der Waals surface area contributed by atoms with E-state index in [2.05, 4.69) is 39.2 Å². The van der Waals surface area contributed by atoms with E-state index >= 15 is 0 Å². The van der Waals surface area contributed by atoms with Gasteiger partial charge in [0.1, 0.15) is 17.7 Å². The maximum absolute atomic E-state index is 13.8. The number of thioether (sulfide) groups is 1. The number of carbonyl (C=O) groups is 3. The van der Waals surface area contributed by atoms with Crippen LogP contribution < -0.4 is 0 Å². The Morgan fingerprint density at radius 2 is 1.88 bits per heavy atom. The SMILES string of the molecule is C=C[C@]1(C)C[C@H](OC(=O)CSCCN(CC)CC)[C@@]2(C)C3C(=O)CC[C@]3(CC[C@H]2C)[C@H](C)C1=O. The zero-order valence-electron chi connectivity index (χ0n) is 22.2. The number of rotatable bonds is 9. The fraction of sp³-hybridized carbons (Fsp3) is 0.821. The molecule has 0 N–H and O–H groups in total. The van der Waals surface area contributed by atoms with Crippen LogP contribution in [0.1, 0.15) is 73.6 Å². The minimum absolute atomic E-state index is 0.147.